The van der Waals surface area contributed by atoms with Crippen LogP contribution in [0.1, 0.15) is 30.1 Å². The predicted octanol–water partition coefficient (Wildman–Crippen LogP) is 3.35. The lowest BCUT2D eigenvalue weighted by molar-refractivity contribution is 0.0572. The molecule has 2 atom stereocenters. The highest BCUT2D eigenvalue weighted by Crippen LogP contribution is 2.27. The number of nitrogens with two attached hydrogens (primary N) is 1. The summed E-state index contributed by atoms with van der Waals surface area (Å²) in [7, 11) is 0. The first-order valence-electron chi connectivity index (χ1n) is 6.59. The highest BCUT2D eigenvalue weighted by Gasteiger charge is 2.30. The van der Waals surface area contributed by atoms with Gasteiger partial charge in [0.05, 0.1) is 5.56 Å². The molecule has 0 aliphatic carbocycles. The molecule has 0 saturated carbocycles. The van der Waals surface area contributed by atoms with Crippen LogP contribution in [0.5, 0.6) is 0 Å². The van der Waals surface area contributed by atoms with E-state index in [2.05, 4.69) is 22.9 Å². The summed E-state index contributed by atoms with van der Waals surface area (Å²) in [6, 6.07) is 1.87. The Morgan fingerprint density at radius 1 is 1.43 bits per heavy atom. The van der Waals surface area contributed by atoms with E-state index in [9.17, 15) is 13.6 Å². The van der Waals surface area contributed by atoms with Gasteiger partial charge < -0.3 is 10.6 Å². The number of amides is 1. The Morgan fingerprint density at radius 3 is 2.67 bits per heavy atom. The van der Waals surface area contributed by atoms with Crippen LogP contribution < -0.4 is 5.73 Å². The maximum Gasteiger partial charge on any atom is 0.255 e. The zero-order valence-electron chi connectivity index (χ0n) is 11.6. The Kier molecular flexibility index (Phi) is 6.56. The molecule has 1 fully saturated rings. The van der Waals surface area contributed by atoms with Gasteiger partial charge in [-0.05, 0) is 46.8 Å². The number of likely N-dealkylation sites (tertiary alicyclic amines) is 1. The highest BCUT2D eigenvalue weighted by atomic mass is 79.9. The topological polar surface area (TPSA) is 46.3 Å². The first kappa shape index (κ1) is 18.3. The van der Waals surface area contributed by atoms with Crippen molar-refractivity contribution in [2.75, 3.05) is 13.1 Å². The number of benzene rings is 1. The first-order chi connectivity index (χ1) is 9.43. The van der Waals surface area contributed by atoms with E-state index in [1.807, 2.05) is 0 Å². The molecule has 1 saturated heterocycles. The molecule has 1 aromatic carbocycles. The summed E-state index contributed by atoms with van der Waals surface area (Å²) in [5, 5.41) is 0. The molecule has 0 aromatic heterocycles. The van der Waals surface area contributed by atoms with Crippen molar-refractivity contribution >= 4 is 34.2 Å². The summed E-state index contributed by atoms with van der Waals surface area (Å²) < 4.78 is 26.7. The molecule has 1 heterocycles. The maximum absolute atomic E-state index is 13.3. The van der Waals surface area contributed by atoms with Crippen LogP contribution in [0.15, 0.2) is 16.6 Å². The van der Waals surface area contributed by atoms with Crippen LogP contribution in [0.4, 0.5) is 8.78 Å². The van der Waals surface area contributed by atoms with E-state index in [0.717, 1.165) is 25.0 Å². The summed E-state index contributed by atoms with van der Waals surface area (Å²) in [4.78, 5) is 14.2. The van der Waals surface area contributed by atoms with Crippen LogP contribution in [-0.2, 0) is 0 Å². The number of piperidine rings is 1. The van der Waals surface area contributed by atoms with Crippen molar-refractivity contribution in [1.29, 1.82) is 0 Å². The van der Waals surface area contributed by atoms with Gasteiger partial charge in [0.25, 0.3) is 5.91 Å². The average Bonchev–Trinajstić information content (AvgIpc) is 2.42. The standard InChI is InChI=1S/C14H17BrF2N2O.ClH/c1-8-2-3-19(9(4-8)7-18)14(20)10-5-12(16)13(17)6-11(10)15;/h5-6,8-9H,2-4,7,18H2,1H3;1H. The largest absolute Gasteiger partial charge is 0.334 e. The summed E-state index contributed by atoms with van der Waals surface area (Å²) in [6.07, 6.45) is 1.73. The van der Waals surface area contributed by atoms with E-state index in [-0.39, 0.29) is 34.4 Å². The number of hydrogen-bond acceptors (Lipinski definition) is 2. The number of carbonyl (C=O) groups excluding carboxylic acids is 1. The normalized spacial score (nSPS) is 21.9. The molecule has 3 nitrogen and oxygen atoms in total. The highest BCUT2D eigenvalue weighted by molar-refractivity contribution is 9.10. The summed E-state index contributed by atoms with van der Waals surface area (Å²) in [6.45, 7) is 3.09. The van der Waals surface area contributed by atoms with Gasteiger partial charge in [0.15, 0.2) is 11.6 Å². The minimum absolute atomic E-state index is 0. The van der Waals surface area contributed by atoms with Gasteiger partial charge in [-0.25, -0.2) is 8.78 Å². The van der Waals surface area contributed by atoms with Gasteiger partial charge in [0, 0.05) is 23.6 Å². The molecule has 1 aliphatic heterocycles. The quantitative estimate of drug-likeness (QED) is 0.796. The van der Waals surface area contributed by atoms with Crippen molar-refractivity contribution in [2.45, 2.75) is 25.8 Å². The van der Waals surface area contributed by atoms with Crippen molar-refractivity contribution in [3.63, 3.8) is 0 Å². The molecular formula is C14H18BrClF2N2O. The fraction of sp³-hybridized carbons (Fsp3) is 0.500. The van der Waals surface area contributed by atoms with Gasteiger partial charge in [-0.2, -0.15) is 0 Å². The molecule has 2 N–H and O–H groups in total. The van der Waals surface area contributed by atoms with Crippen molar-refractivity contribution in [3.8, 4) is 0 Å². The van der Waals surface area contributed by atoms with Gasteiger partial charge in [-0.1, -0.05) is 6.92 Å². The molecule has 0 bridgehead atoms. The van der Waals surface area contributed by atoms with Crippen molar-refractivity contribution in [3.05, 3.63) is 33.8 Å². The van der Waals surface area contributed by atoms with E-state index in [4.69, 9.17) is 5.73 Å². The second-order valence-electron chi connectivity index (χ2n) is 5.26. The molecule has 7 heteroatoms. The third-order valence-corrected chi connectivity index (χ3v) is 4.41. The molecule has 1 aromatic rings. The predicted molar refractivity (Wildman–Crippen MR) is 83.6 cm³/mol. The zero-order chi connectivity index (χ0) is 14.9. The molecular weight excluding hydrogens is 366 g/mol. The van der Waals surface area contributed by atoms with E-state index in [1.54, 1.807) is 4.90 Å². The van der Waals surface area contributed by atoms with Gasteiger partial charge in [-0.15, -0.1) is 12.4 Å². The second kappa shape index (κ2) is 7.51. The van der Waals surface area contributed by atoms with E-state index >= 15 is 0 Å². The lowest BCUT2D eigenvalue weighted by atomic mass is 9.92. The minimum Gasteiger partial charge on any atom is -0.334 e. The Hall–Kier alpha value is -0.720. The number of carbonyl (C=O) groups is 1. The van der Waals surface area contributed by atoms with E-state index < -0.39 is 11.6 Å². The Morgan fingerprint density at radius 2 is 2.05 bits per heavy atom. The average molecular weight is 384 g/mol. The van der Waals surface area contributed by atoms with Crippen molar-refractivity contribution in [1.82, 2.24) is 4.90 Å². The maximum atomic E-state index is 13.3. The SMILES string of the molecule is CC1CCN(C(=O)c2cc(F)c(F)cc2Br)C(CN)C1.Cl. The van der Waals surface area contributed by atoms with Crippen LogP contribution in [0.2, 0.25) is 0 Å². The molecule has 0 spiro atoms. The molecule has 2 unspecified atom stereocenters. The van der Waals surface area contributed by atoms with E-state index in [0.29, 0.717) is 19.0 Å². The number of rotatable bonds is 2. The molecule has 1 amide bonds. The summed E-state index contributed by atoms with van der Waals surface area (Å²) >= 11 is 3.12. The number of halogens is 4. The summed E-state index contributed by atoms with van der Waals surface area (Å²) in [5.41, 5.74) is 5.86. The zero-order valence-corrected chi connectivity index (χ0v) is 14.0. The lowest BCUT2D eigenvalue weighted by Gasteiger charge is -2.38. The molecule has 0 radical (unpaired) electrons. The van der Waals surface area contributed by atoms with Crippen LogP contribution >= 0.6 is 28.3 Å². The summed E-state index contributed by atoms with van der Waals surface area (Å²) in [5.74, 6) is -1.79. The lowest BCUT2D eigenvalue weighted by Crippen LogP contribution is -2.49. The fourth-order valence-corrected chi connectivity index (χ4v) is 3.07. The molecule has 1 aliphatic rings. The number of hydrogen-bond donors (Lipinski definition) is 1. The van der Waals surface area contributed by atoms with Gasteiger partial charge in [-0.3, -0.25) is 4.79 Å². The monoisotopic (exact) mass is 382 g/mol. The second-order valence-corrected chi connectivity index (χ2v) is 6.12. The molecule has 21 heavy (non-hydrogen) atoms. The third kappa shape index (κ3) is 3.93. The molecule has 2 rings (SSSR count). The molecule has 118 valence electrons. The van der Waals surface area contributed by atoms with E-state index in [1.165, 1.54) is 0 Å². The van der Waals surface area contributed by atoms with Crippen LogP contribution in [0.3, 0.4) is 0 Å². The van der Waals surface area contributed by atoms with Crippen LogP contribution in [-0.4, -0.2) is 29.9 Å². The Labute approximate surface area is 137 Å². The van der Waals surface area contributed by atoms with Crippen molar-refractivity contribution in [2.24, 2.45) is 11.7 Å². The number of nitrogens with zero attached hydrogens (tertiary/aromatic N) is 1. The Balaban J connectivity index is 0.00000220. The van der Waals surface area contributed by atoms with Crippen LogP contribution in [0.25, 0.3) is 0 Å². The first-order valence-corrected chi connectivity index (χ1v) is 7.39. The van der Waals surface area contributed by atoms with Gasteiger partial charge in [0.2, 0.25) is 0 Å². The third-order valence-electron chi connectivity index (χ3n) is 3.75. The fourth-order valence-electron chi connectivity index (χ4n) is 2.58. The van der Waals surface area contributed by atoms with Crippen LogP contribution in [0, 0.1) is 17.6 Å². The smallest absolute Gasteiger partial charge is 0.255 e. The van der Waals surface area contributed by atoms with Crippen molar-refractivity contribution < 1.29 is 13.6 Å². The minimum atomic E-state index is -1.02. The Bertz CT molecular complexity index is 530. The van der Waals surface area contributed by atoms with Gasteiger partial charge in [0.1, 0.15) is 0 Å². The van der Waals surface area contributed by atoms with Gasteiger partial charge >= 0.3 is 0 Å².